The van der Waals surface area contributed by atoms with E-state index in [1.165, 1.54) is 6.92 Å². The number of carbonyl (C=O) groups excluding carboxylic acids is 1. The number of likely N-dealkylation sites (tertiary alicyclic amines) is 1. The largest absolute Gasteiger partial charge is 0.394 e. The molecule has 0 aliphatic carbocycles. The molecule has 8 heteroatoms. The van der Waals surface area contributed by atoms with Crippen molar-refractivity contribution in [2.24, 2.45) is 0 Å². The maximum atomic E-state index is 12.8. The number of aliphatic hydroxyl groups excluding tert-OH is 1. The van der Waals surface area contributed by atoms with Crippen molar-refractivity contribution in [2.75, 3.05) is 26.2 Å². The third kappa shape index (κ3) is 3.76. The van der Waals surface area contributed by atoms with Gasteiger partial charge in [-0.15, -0.1) is 0 Å². The molecule has 0 bridgehead atoms. The fraction of sp³-hybridized carbons (Fsp3) is 0.692. The van der Waals surface area contributed by atoms with E-state index in [2.05, 4.69) is 19.9 Å². The van der Waals surface area contributed by atoms with Crippen LogP contribution < -0.4 is 5.32 Å². The molecule has 118 valence electrons. The topological polar surface area (TPSA) is 78.6 Å². The number of aryl methyl sites for hydroxylation is 1. The standard InChI is InChI=1S/C13H19F2N3O3/c1-8-10(11(12(14)15)21-17-8)13(20)16-9(7-19)6-18-4-2-3-5-18/h9,12,19H,2-7H2,1H3,(H,16,20). The minimum atomic E-state index is -2.90. The molecule has 6 nitrogen and oxygen atoms in total. The number of nitrogens with one attached hydrogen (secondary N) is 1. The minimum Gasteiger partial charge on any atom is -0.394 e. The Morgan fingerprint density at radius 2 is 2.14 bits per heavy atom. The molecular formula is C13H19F2N3O3. The summed E-state index contributed by atoms with van der Waals surface area (Å²) in [5.41, 5.74) is -0.134. The molecule has 2 rings (SSSR count). The number of aliphatic hydroxyl groups is 1. The van der Waals surface area contributed by atoms with Crippen molar-refractivity contribution in [1.82, 2.24) is 15.4 Å². The Bertz CT molecular complexity index is 487. The summed E-state index contributed by atoms with van der Waals surface area (Å²) >= 11 is 0. The van der Waals surface area contributed by atoms with Gasteiger partial charge in [-0.25, -0.2) is 8.78 Å². The van der Waals surface area contributed by atoms with Crippen molar-refractivity contribution in [1.29, 1.82) is 0 Å². The van der Waals surface area contributed by atoms with E-state index < -0.39 is 24.1 Å². The van der Waals surface area contributed by atoms with Gasteiger partial charge >= 0.3 is 0 Å². The number of hydrogen-bond donors (Lipinski definition) is 2. The molecule has 0 aromatic carbocycles. The Kier molecular flexibility index (Phi) is 5.24. The van der Waals surface area contributed by atoms with E-state index in [1.807, 2.05) is 0 Å². The monoisotopic (exact) mass is 303 g/mol. The van der Waals surface area contributed by atoms with Crippen LogP contribution in [-0.2, 0) is 0 Å². The first-order valence-corrected chi connectivity index (χ1v) is 6.91. The first-order valence-electron chi connectivity index (χ1n) is 6.91. The van der Waals surface area contributed by atoms with E-state index in [0.29, 0.717) is 6.54 Å². The van der Waals surface area contributed by atoms with Crippen LogP contribution in [0.25, 0.3) is 0 Å². The van der Waals surface area contributed by atoms with Gasteiger partial charge in [0.05, 0.1) is 18.3 Å². The van der Waals surface area contributed by atoms with Crippen LogP contribution in [0.5, 0.6) is 0 Å². The van der Waals surface area contributed by atoms with E-state index in [4.69, 9.17) is 0 Å². The number of nitrogens with zero attached hydrogens (tertiary/aromatic N) is 2. The lowest BCUT2D eigenvalue weighted by atomic mass is 10.1. The number of aromatic nitrogens is 1. The molecule has 1 aromatic rings. The second kappa shape index (κ2) is 6.95. The van der Waals surface area contributed by atoms with Crippen molar-refractivity contribution < 1.29 is 23.2 Å². The first-order chi connectivity index (χ1) is 10.0. The molecule has 2 N–H and O–H groups in total. The predicted octanol–water partition coefficient (Wildman–Crippen LogP) is 1.11. The normalized spacial score (nSPS) is 17.4. The second-order valence-corrected chi connectivity index (χ2v) is 5.17. The van der Waals surface area contributed by atoms with Gasteiger partial charge in [-0.2, -0.15) is 0 Å². The fourth-order valence-electron chi connectivity index (χ4n) is 2.50. The molecule has 1 unspecified atom stereocenters. The van der Waals surface area contributed by atoms with E-state index in [0.717, 1.165) is 25.9 Å². The average Bonchev–Trinajstić information content (AvgIpc) is 3.07. The van der Waals surface area contributed by atoms with Crippen molar-refractivity contribution >= 4 is 5.91 Å². The third-order valence-electron chi connectivity index (χ3n) is 3.55. The molecule has 0 saturated carbocycles. The lowest BCUT2D eigenvalue weighted by Crippen LogP contribution is -2.45. The quantitative estimate of drug-likeness (QED) is 0.823. The summed E-state index contributed by atoms with van der Waals surface area (Å²) in [6.07, 6.45) is -0.725. The predicted molar refractivity (Wildman–Crippen MR) is 70.2 cm³/mol. The summed E-state index contributed by atoms with van der Waals surface area (Å²) < 4.78 is 30.0. The zero-order chi connectivity index (χ0) is 15.4. The zero-order valence-electron chi connectivity index (χ0n) is 11.8. The van der Waals surface area contributed by atoms with Gasteiger partial charge in [0.1, 0.15) is 5.56 Å². The van der Waals surface area contributed by atoms with Crippen LogP contribution in [0.4, 0.5) is 8.78 Å². The number of alkyl halides is 2. The second-order valence-electron chi connectivity index (χ2n) is 5.17. The van der Waals surface area contributed by atoms with E-state index in [9.17, 15) is 18.7 Å². The van der Waals surface area contributed by atoms with Crippen molar-refractivity contribution in [2.45, 2.75) is 32.2 Å². The highest BCUT2D eigenvalue weighted by atomic mass is 19.3. The highest BCUT2D eigenvalue weighted by Crippen LogP contribution is 2.25. The highest BCUT2D eigenvalue weighted by molar-refractivity contribution is 5.96. The molecule has 0 spiro atoms. The fourth-order valence-corrected chi connectivity index (χ4v) is 2.50. The minimum absolute atomic E-state index is 0.112. The Morgan fingerprint density at radius 1 is 1.48 bits per heavy atom. The van der Waals surface area contributed by atoms with Crippen LogP contribution in [-0.4, -0.2) is 53.4 Å². The molecule has 1 aliphatic rings. The molecule has 1 aliphatic heterocycles. The summed E-state index contributed by atoms with van der Waals surface area (Å²) in [5.74, 6) is -1.43. The lowest BCUT2D eigenvalue weighted by Gasteiger charge is -2.22. The van der Waals surface area contributed by atoms with Gasteiger partial charge in [0.2, 0.25) is 5.76 Å². The van der Waals surface area contributed by atoms with Crippen molar-refractivity contribution in [3.8, 4) is 0 Å². The first kappa shape index (κ1) is 15.8. The van der Waals surface area contributed by atoms with Crippen LogP contribution in [0.1, 0.15) is 41.1 Å². The van der Waals surface area contributed by atoms with Gasteiger partial charge < -0.3 is 19.8 Å². The highest BCUT2D eigenvalue weighted by Gasteiger charge is 2.28. The Morgan fingerprint density at radius 3 is 2.71 bits per heavy atom. The van der Waals surface area contributed by atoms with Gasteiger partial charge in [-0.3, -0.25) is 4.79 Å². The van der Waals surface area contributed by atoms with Gasteiger partial charge in [0, 0.05) is 6.54 Å². The van der Waals surface area contributed by atoms with Gasteiger partial charge in [-0.1, -0.05) is 5.16 Å². The molecule has 21 heavy (non-hydrogen) atoms. The van der Waals surface area contributed by atoms with Gasteiger partial charge in [-0.05, 0) is 32.9 Å². The zero-order valence-corrected chi connectivity index (χ0v) is 11.8. The van der Waals surface area contributed by atoms with Gasteiger partial charge in [0.25, 0.3) is 12.3 Å². The van der Waals surface area contributed by atoms with Crippen LogP contribution >= 0.6 is 0 Å². The van der Waals surface area contributed by atoms with E-state index in [1.54, 1.807) is 0 Å². The molecule has 2 heterocycles. The summed E-state index contributed by atoms with van der Waals surface area (Å²) in [6, 6.07) is -0.504. The molecule has 1 amide bonds. The molecular weight excluding hydrogens is 284 g/mol. The molecule has 1 aromatic heterocycles. The molecule has 1 fully saturated rings. The summed E-state index contributed by atoms with van der Waals surface area (Å²) in [6.45, 7) is 3.51. The summed E-state index contributed by atoms with van der Waals surface area (Å²) in [7, 11) is 0. The molecule has 1 atom stereocenters. The van der Waals surface area contributed by atoms with Crippen LogP contribution in [0, 0.1) is 6.92 Å². The number of rotatable bonds is 6. The Balaban J connectivity index is 2.03. The van der Waals surface area contributed by atoms with Crippen LogP contribution in [0.3, 0.4) is 0 Å². The molecule has 1 saturated heterocycles. The third-order valence-corrected chi connectivity index (χ3v) is 3.55. The lowest BCUT2D eigenvalue weighted by molar-refractivity contribution is 0.0863. The van der Waals surface area contributed by atoms with E-state index in [-0.39, 0.29) is 17.9 Å². The number of amides is 1. The Hall–Kier alpha value is -1.54. The number of halogens is 2. The smallest absolute Gasteiger partial charge is 0.298 e. The van der Waals surface area contributed by atoms with E-state index >= 15 is 0 Å². The summed E-state index contributed by atoms with van der Waals surface area (Å²) in [4.78, 5) is 14.2. The summed E-state index contributed by atoms with van der Waals surface area (Å²) in [5, 5.41) is 15.3. The average molecular weight is 303 g/mol. The van der Waals surface area contributed by atoms with Crippen molar-refractivity contribution in [3.63, 3.8) is 0 Å². The Labute approximate surface area is 121 Å². The van der Waals surface area contributed by atoms with Crippen LogP contribution in [0.15, 0.2) is 4.52 Å². The number of carbonyl (C=O) groups is 1. The van der Waals surface area contributed by atoms with Crippen molar-refractivity contribution in [3.05, 3.63) is 17.0 Å². The molecule has 0 radical (unpaired) electrons. The maximum absolute atomic E-state index is 12.8. The number of hydrogen-bond acceptors (Lipinski definition) is 5. The van der Waals surface area contributed by atoms with Gasteiger partial charge in [0.15, 0.2) is 0 Å². The maximum Gasteiger partial charge on any atom is 0.298 e. The SMILES string of the molecule is Cc1noc(C(F)F)c1C(=O)NC(CO)CN1CCCC1. The van der Waals surface area contributed by atoms with Crippen LogP contribution in [0.2, 0.25) is 0 Å².